The van der Waals surface area contributed by atoms with Crippen LogP contribution in [0.15, 0.2) is 47.9 Å². The summed E-state index contributed by atoms with van der Waals surface area (Å²) in [4.78, 5) is 18.6. The van der Waals surface area contributed by atoms with Gasteiger partial charge >= 0.3 is 0 Å². The number of nitrogens with one attached hydrogen (secondary N) is 1. The Bertz CT molecular complexity index is 810. The lowest BCUT2D eigenvalue weighted by Gasteiger charge is -2.32. The number of imidazole rings is 1. The van der Waals surface area contributed by atoms with Gasteiger partial charge in [-0.25, -0.2) is 18.1 Å². The number of benzene rings is 1. The van der Waals surface area contributed by atoms with Gasteiger partial charge in [0, 0.05) is 37.1 Å². The third-order valence-electron chi connectivity index (χ3n) is 4.36. The summed E-state index contributed by atoms with van der Waals surface area (Å²) >= 11 is 0. The summed E-state index contributed by atoms with van der Waals surface area (Å²) in [7, 11) is -2.20. The van der Waals surface area contributed by atoms with E-state index in [2.05, 4.69) is 14.3 Å². The fourth-order valence-corrected chi connectivity index (χ4v) is 3.72. The van der Waals surface area contributed by atoms with E-state index >= 15 is 0 Å². The molecule has 2 aromatic rings. The molecule has 8 heteroatoms. The molecule has 3 rings (SSSR count). The summed E-state index contributed by atoms with van der Waals surface area (Å²) in [6.45, 7) is 1.29. The van der Waals surface area contributed by atoms with Gasteiger partial charge < -0.3 is 9.47 Å². The van der Waals surface area contributed by atoms with E-state index in [0.717, 1.165) is 12.8 Å². The molecule has 0 unspecified atom stereocenters. The van der Waals surface area contributed by atoms with Crippen molar-refractivity contribution >= 4 is 15.9 Å². The number of carbonyl (C=O) groups excluding carboxylic acids is 1. The van der Waals surface area contributed by atoms with Gasteiger partial charge in [0.1, 0.15) is 0 Å². The summed E-state index contributed by atoms with van der Waals surface area (Å²) in [5.74, 6) is -0.132. The SMILES string of the molecule is CNS(=O)(=O)c1cccc(C(=O)N2CCC(n3ccnc3)CC2)c1. The molecule has 7 nitrogen and oxygen atoms in total. The number of hydrogen-bond acceptors (Lipinski definition) is 4. The number of rotatable bonds is 4. The standard InChI is InChI=1S/C16H20N4O3S/c1-17-24(22,23)15-4-2-3-13(11-15)16(21)19-8-5-14(6-9-19)20-10-7-18-12-20/h2-4,7,10-12,14,17H,5-6,8-9H2,1H3. The molecule has 1 aliphatic heterocycles. The van der Waals surface area contributed by atoms with Gasteiger partial charge in [0.2, 0.25) is 10.0 Å². The molecule has 128 valence electrons. The van der Waals surface area contributed by atoms with Crippen LogP contribution in [0.4, 0.5) is 0 Å². The second kappa shape index (κ2) is 6.74. The zero-order valence-electron chi connectivity index (χ0n) is 13.4. The Kier molecular flexibility index (Phi) is 4.68. The van der Waals surface area contributed by atoms with Crippen LogP contribution in [0.25, 0.3) is 0 Å². The largest absolute Gasteiger partial charge is 0.338 e. The normalized spacial score (nSPS) is 16.3. The van der Waals surface area contributed by atoms with E-state index in [1.54, 1.807) is 29.6 Å². The van der Waals surface area contributed by atoms with Crippen LogP contribution in [0.1, 0.15) is 29.2 Å². The maximum Gasteiger partial charge on any atom is 0.253 e. The molecule has 1 fully saturated rings. The van der Waals surface area contributed by atoms with E-state index in [1.807, 2.05) is 6.20 Å². The number of nitrogens with zero attached hydrogens (tertiary/aromatic N) is 3. The molecule has 0 bridgehead atoms. The summed E-state index contributed by atoms with van der Waals surface area (Å²) < 4.78 is 28.1. The number of piperidine rings is 1. The highest BCUT2D eigenvalue weighted by atomic mass is 32.2. The van der Waals surface area contributed by atoms with Gasteiger partial charge in [0.15, 0.2) is 0 Å². The number of sulfonamides is 1. The predicted molar refractivity (Wildman–Crippen MR) is 89.1 cm³/mol. The van der Waals surface area contributed by atoms with Crippen LogP contribution in [0.3, 0.4) is 0 Å². The lowest BCUT2D eigenvalue weighted by Crippen LogP contribution is -2.39. The average molecular weight is 348 g/mol. The van der Waals surface area contributed by atoms with Crippen LogP contribution in [0.2, 0.25) is 0 Å². The van der Waals surface area contributed by atoms with Crippen LogP contribution in [0.5, 0.6) is 0 Å². The minimum atomic E-state index is -3.55. The molecular formula is C16H20N4O3S. The third kappa shape index (κ3) is 3.34. The first-order chi connectivity index (χ1) is 11.5. The van der Waals surface area contributed by atoms with Crippen molar-refractivity contribution < 1.29 is 13.2 Å². The molecule has 1 N–H and O–H groups in total. The summed E-state index contributed by atoms with van der Waals surface area (Å²) in [5, 5.41) is 0. The van der Waals surface area contributed by atoms with Crippen LogP contribution in [-0.2, 0) is 10.0 Å². The van der Waals surface area contributed by atoms with Crippen LogP contribution in [-0.4, -0.2) is 48.9 Å². The molecule has 1 aliphatic rings. The van der Waals surface area contributed by atoms with E-state index in [9.17, 15) is 13.2 Å². The van der Waals surface area contributed by atoms with Crippen molar-refractivity contribution in [2.24, 2.45) is 0 Å². The van der Waals surface area contributed by atoms with Crippen molar-refractivity contribution in [2.45, 2.75) is 23.8 Å². The van der Waals surface area contributed by atoms with Crippen molar-refractivity contribution in [3.8, 4) is 0 Å². The molecule has 1 amide bonds. The quantitative estimate of drug-likeness (QED) is 0.902. The monoisotopic (exact) mass is 348 g/mol. The average Bonchev–Trinajstić information content (AvgIpc) is 3.16. The Hall–Kier alpha value is -2.19. The molecule has 0 atom stereocenters. The van der Waals surface area contributed by atoms with Crippen molar-refractivity contribution in [2.75, 3.05) is 20.1 Å². The maximum atomic E-state index is 12.7. The van der Waals surface area contributed by atoms with Gasteiger partial charge in [-0.1, -0.05) is 6.07 Å². The van der Waals surface area contributed by atoms with Gasteiger partial charge in [-0.15, -0.1) is 0 Å². The fraction of sp³-hybridized carbons (Fsp3) is 0.375. The fourth-order valence-electron chi connectivity index (χ4n) is 2.95. The van der Waals surface area contributed by atoms with E-state index in [-0.39, 0.29) is 10.8 Å². The summed E-state index contributed by atoms with van der Waals surface area (Å²) in [6.07, 6.45) is 7.21. The number of likely N-dealkylation sites (tertiary alicyclic amines) is 1. The van der Waals surface area contributed by atoms with E-state index in [1.165, 1.54) is 19.2 Å². The first-order valence-corrected chi connectivity index (χ1v) is 9.30. The topological polar surface area (TPSA) is 84.3 Å². The highest BCUT2D eigenvalue weighted by Gasteiger charge is 2.25. The van der Waals surface area contributed by atoms with Crippen LogP contribution in [0, 0.1) is 0 Å². The van der Waals surface area contributed by atoms with Crippen molar-refractivity contribution in [3.05, 3.63) is 48.5 Å². The number of aromatic nitrogens is 2. The molecule has 2 heterocycles. The number of hydrogen-bond donors (Lipinski definition) is 1. The minimum Gasteiger partial charge on any atom is -0.338 e. The second-order valence-electron chi connectivity index (χ2n) is 5.77. The highest BCUT2D eigenvalue weighted by Crippen LogP contribution is 2.23. The van der Waals surface area contributed by atoms with E-state index < -0.39 is 10.0 Å². The lowest BCUT2D eigenvalue weighted by molar-refractivity contribution is 0.0694. The summed E-state index contributed by atoms with van der Waals surface area (Å²) in [6, 6.07) is 6.51. The molecule has 1 saturated heterocycles. The Balaban J connectivity index is 1.71. The highest BCUT2D eigenvalue weighted by molar-refractivity contribution is 7.89. The Morgan fingerprint density at radius 2 is 2.04 bits per heavy atom. The van der Waals surface area contributed by atoms with Crippen molar-refractivity contribution in [3.63, 3.8) is 0 Å². The Labute approximate surface area is 141 Å². The maximum absolute atomic E-state index is 12.7. The lowest BCUT2D eigenvalue weighted by atomic mass is 10.0. The van der Waals surface area contributed by atoms with Gasteiger partial charge in [-0.2, -0.15) is 0 Å². The molecule has 24 heavy (non-hydrogen) atoms. The molecule has 0 radical (unpaired) electrons. The molecule has 0 spiro atoms. The smallest absolute Gasteiger partial charge is 0.253 e. The Morgan fingerprint density at radius 1 is 1.29 bits per heavy atom. The number of amides is 1. The number of carbonyl (C=O) groups is 1. The van der Waals surface area contributed by atoms with Crippen LogP contribution >= 0.6 is 0 Å². The Morgan fingerprint density at radius 3 is 2.67 bits per heavy atom. The molecular weight excluding hydrogens is 328 g/mol. The first kappa shape index (κ1) is 16.7. The van der Waals surface area contributed by atoms with Gasteiger partial charge in [0.05, 0.1) is 11.2 Å². The van der Waals surface area contributed by atoms with Gasteiger partial charge in [-0.3, -0.25) is 4.79 Å². The van der Waals surface area contributed by atoms with Crippen molar-refractivity contribution in [1.82, 2.24) is 19.2 Å². The van der Waals surface area contributed by atoms with Crippen molar-refractivity contribution in [1.29, 1.82) is 0 Å². The summed E-state index contributed by atoms with van der Waals surface area (Å²) in [5.41, 5.74) is 0.396. The third-order valence-corrected chi connectivity index (χ3v) is 5.77. The van der Waals surface area contributed by atoms with E-state index in [4.69, 9.17) is 0 Å². The molecule has 1 aromatic heterocycles. The van der Waals surface area contributed by atoms with Crippen LogP contribution < -0.4 is 4.72 Å². The zero-order chi connectivity index (χ0) is 17.2. The predicted octanol–water partition coefficient (Wildman–Crippen LogP) is 1.27. The minimum absolute atomic E-state index is 0.101. The first-order valence-electron chi connectivity index (χ1n) is 7.81. The zero-order valence-corrected chi connectivity index (χ0v) is 14.2. The molecule has 0 saturated carbocycles. The molecule has 0 aliphatic carbocycles. The second-order valence-corrected chi connectivity index (χ2v) is 7.66. The van der Waals surface area contributed by atoms with Gasteiger partial charge in [-0.05, 0) is 38.1 Å². The van der Waals surface area contributed by atoms with E-state index in [0.29, 0.717) is 24.7 Å². The van der Waals surface area contributed by atoms with Gasteiger partial charge in [0.25, 0.3) is 5.91 Å². The molecule has 1 aromatic carbocycles.